The van der Waals surface area contributed by atoms with Crippen molar-refractivity contribution < 1.29 is 9.59 Å². The van der Waals surface area contributed by atoms with Gasteiger partial charge in [-0.15, -0.1) is 0 Å². The lowest BCUT2D eigenvalue weighted by molar-refractivity contribution is -0.126. The van der Waals surface area contributed by atoms with Gasteiger partial charge in [0.25, 0.3) is 0 Å². The van der Waals surface area contributed by atoms with E-state index in [4.69, 9.17) is 0 Å². The summed E-state index contributed by atoms with van der Waals surface area (Å²) in [5, 5.41) is 10.6. The molecule has 38 heavy (non-hydrogen) atoms. The Kier molecular flexibility index (Phi) is 11.8. The number of urea groups is 1. The lowest BCUT2D eigenvalue weighted by atomic mass is 9.81. The zero-order valence-corrected chi connectivity index (χ0v) is 23.7. The number of amides is 3. The number of carbonyl (C=O) groups excluding carboxylic acids is 2. The number of nitrogens with one attached hydrogen (secondary N) is 3. The first-order valence-corrected chi connectivity index (χ1v) is 14.3. The van der Waals surface area contributed by atoms with E-state index < -0.39 is 0 Å². The molecule has 3 rings (SSSR count). The average molecular weight is 519 g/mol. The molecule has 0 aromatic heterocycles. The van der Waals surface area contributed by atoms with E-state index in [0.29, 0.717) is 24.9 Å². The van der Waals surface area contributed by atoms with Crippen molar-refractivity contribution in [1.29, 1.82) is 0 Å². The largest absolute Gasteiger partial charge is 0.352 e. The van der Waals surface area contributed by atoms with Crippen molar-refractivity contribution in [3.8, 4) is 0 Å². The van der Waals surface area contributed by atoms with Crippen LogP contribution < -0.4 is 16.1 Å². The van der Waals surface area contributed by atoms with Gasteiger partial charge in [0.15, 0.2) is 0 Å². The molecule has 0 spiro atoms. The van der Waals surface area contributed by atoms with Crippen LogP contribution in [0.15, 0.2) is 53.6 Å². The monoisotopic (exact) mass is 518 g/mol. The zero-order chi connectivity index (χ0) is 27.3. The van der Waals surface area contributed by atoms with Crippen LogP contribution in [-0.4, -0.2) is 24.2 Å². The van der Waals surface area contributed by atoms with E-state index in [1.807, 2.05) is 0 Å². The van der Waals surface area contributed by atoms with Crippen LogP contribution in [0.1, 0.15) is 81.0 Å². The van der Waals surface area contributed by atoms with Crippen molar-refractivity contribution in [3.05, 3.63) is 70.8 Å². The van der Waals surface area contributed by atoms with Gasteiger partial charge in [-0.1, -0.05) is 73.5 Å². The Bertz CT molecular complexity index is 1040. The number of rotatable bonds is 12. The Labute approximate surface area is 229 Å². The van der Waals surface area contributed by atoms with Crippen molar-refractivity contribution in [3.63, 3.8) is 0 Å². The third-order valence-electron chi connectivity index (χ3n) is 7.86. The SMILES string of the molecule is CC[C@H](C)/C(CCCc1ccc(C)cc1)=N\NC(=O)NCC1CCC(C(=O)NCc2ccc(C)cc2)CC1. The van der Waals surface area contributed by atoms with Crippen molar-refractivity contribution in [1.82, 2.24) is 16.1 Å². The highest BCUT2D eigenvalue weighted by Gasteiger charge is 2.26. The Hall–Kier alpha value is -3.15. The normalized spacial score (nSPS) is 18.5. The highest BCUT2D eigenvalue weighted by Crippen LogP contribution is 2.28. The highest BCUT2D eigenvalue weighted by atomic mass is 16.2. The minimum atomic E-state index is -0.248. The van der Waals surface area contributed by atoms with Gasteiger partial charge in [-0.3, -0.25) is 4.79 Å². The van der Waals surface area contributed by atoms with Crippen molar-refractivity contribution in [2.75, 3.05) is 6.54 Å². The first kappa shape index (κ1) is 29.4. The van der Waals surface area contributed by atoms with Gasteiger partial charge in [0, 0.05) is 24.7 Å². The smallest absolute Gasteiger partial charge is 0.335 e. The van der Waals surface area contributed by atoms with E-state index in [0.717, 1.165) is 62.6 Å². The molecule has 1 saturated carbocycles. The van der Waals surface area contributed by atoms with E-state index in [9.17, 15) is 9.59 Å². The maximum atomic E-state index is 12.6. The highest BCUT2D eigenvalue weighted by molar-refractivity contribution is 5.87. The van der Waals surface area contributed by atoms with Gasteiger partial charge in [-0.05, 0) is 88.2 Å². The quantitative estimate of drug-likeness (QED) is 0.223. The van der Waals surface area contributed by atoms with Crippen LogP contribution in [0.3, 0.4) is 0 Å². The third kappa shape index (κ3) is 9.96. The number of carbonyl (C=O) groups is 2. The summed E-state index contributed by atoms with van der Waals surface area (Å²) >= 11 is 0. The summed E-state index contributed by atoms with van der Waals surface area (Å²) in [5.41, 5.74) is 8.73. The van der Waals surface area contributed by atoms with Crippen molar-refractivity contribution in [2.24, 2.45) is 22.9 Å². The standard InChI is InChI=1S/C32H46N4O2/c1-5-25(4)30(8-6-7-26-13-9-23(2)10-14-26)35-36-32(38)34-22-28-17-19-29(20-18-28)31(37)33-21-27-15-11-24(3)12-16-27/h9-16,25,28-29H,5-8,17-22H2,1-4H3,(H,33,37)(H2,34,36,38)/b35-30-/t25-,28?,29?/m0/s1. The average Bonchev–Trinajstić information content (AvgIpc) is 2.94. The molecule has 3 amide bonds. The molecule has 0 aliphatic heterocycles. The van der Waals surface area contributed by atoms with Gasteiger partial charge in [0.1, 0.15) is 0 Å². The summed E-state index contributed by atoms with van der Waals surface area (Å²) in [6.07, 6.45) is 7.52. The second-order valence-electron chi connectivity index (χ2n) is 11.0. The second kappa shape index (κ2) is 15.3. The molecule has 2 aromatic carbocycles. The molecule has 6 heteroatoms. The minimum Gasteiger partial charge on any atom is -0.352 e. The summed E-state index contributed by atoms with van der Waals surface area (Å²) < 4.78 is 0. The molecule has 3 N–H and O–H groups in total. The Morgan fingerprint density at radius 3 is 2.11 bits per heavy atom. The maximum absolute atomic E-state index is 12.6. The molecule has 0 radical (unpaired) electrons. The van der Waals surface area contributed by atoms with Crippen LogP contribution >= 0.6 is 0 Å². The van der Waals surface area contributed by atoms with Gasteiger partial charge in [-0.25, -0.2) is 10.2 Å². The Morgan fingerprint density at radius 1 is 0.895 bits per heavy atom. The summed E-state index contributed by atoms with van der Waals surface area (Å²) in [6, 6.07) is 16.7. The van der Waals surface area contributed by atoms with Crippen LogP contribution in [0.2, 0.25) is 0 Å². The molecular weight excluding hydrogens is 472 g/mol. The number of benzene rings is 2. The maximum Gasteiger partial charge on any atom is 0.335 e. The summed E-state index contributed by atoms with van der Waals surface area (Å²) in [5.74, 6) is 0.937. The van der Waals surface area contributed by atoms with Crippen LogP contribution in [0, 0.1) is 31.6 Å². The van der Waals surface area contributed by atoms with Gasteiger partial charge in [0.05, 0.1) is 0 Å². The molecule has 1 atom stereocenters. The number of aryl methyl sites for hydroxylation is 3. The van der Waals surface area contributed by atoms with Gasteiger partial charge < -0.3 is 10.6 Å². The second-order valence-corrected chi connectivity index (χ2v) is 11.0. The van der Waals surface area contributed by atoms with Crippen molar-refractivity contribution in [2.45, 2.75) is 85.6 Å². The van der Waals surface area contributed by atoms with E-state index in [1.165, 1.54) is 16.7 Å². The fourth-order valence-electron chi connectivity index (χ4n) is 4.94. The fourth-order valence-corrected chi connectivity index (χ4v) is 4.94. The first-order chi connectivity index (χ1) is 18.3. The number of hydrazone groups is 1. The predicted octanol–water partition coefficient (Wildman–Crippen LogP) is 6.45. The molecular formula is C32H46N4O2. The van der Waals surface area contributed by atoms with E-state index in [1.54, 1.807) is 0 Å². The van der Waals surface area contributed by atoms with E-state index in [-0.39, 0.29) is 17.9 Å². The summed E-state index contributed by atoms with van der Waals surface area (Å²) in [6.45, 7) is 9.67. The molecule has 1 aliphatic carbocycles. The van der Waals surface area contributed by atoms with Crippen LogP contribution in [0.4, 0.5) is 4.79 Å². The fraction of sp³-hybridized carbons (Fsp3) is 0.531. The molecule has 0 unspecified atom stereocenters. The molecule has 0 heterocycles. The lowest BCUT2D eigenvalue weighted by Gasteiger charge is -2.27. The molecule has 1 aliphatic rings. The zero-order valence-electron chi connectivity index (χ0n) is 23.7. The number of hydrogen-bond donors (Lipinski definition) is 3. The van der Waals surface area contributed by atoms with Gasteiger partial charge in [-0.2, -0.15) is 5.10 Å². The number of nitrogens with zero attached hydrogens (tertiary/aromatic N) is 1. The lowest BCUT2D eigenvalue weighted by Crippen LogP contribution is -2.39. The van der Waals surface area contributed by atoms with Crippen LogP contribution in [0.5, 0.6) is 0 Å². The molecule has 0 saturated heterocycles. The third-order valence-corrected chi connectivity index (χ3v) is 7.86. The number of hydrogen-bond acceptors (Lipinski definition) is 3. The Balaban J connectivity index is 1.35. The summed E-state index contributed by atoms with van der Waals surface area (Å²) in [4.78, 5) is 25.1. The molecule has 2 aromatic rings. The topological polar surface area (TPSA) is 82.6 Å². The van der Waals surface area contributed by atoms with E-state index in [2.05, 4.69) is 97.4 Å². The molecule has 206 valence electrons. The van der Waals surface area contributed by atoms with Gasteiger partial charge in [0.2, 0.25) is 5.91 Å². The minimum absolute atomic E-state index is 0.0631. The van der Waals surface area contributed by atoms with Crippen LogP contribution in [-0.2, 0) is 17.8 Å². The molecule has 1 fully saturated rings. The predicted molar refractivity (Wildman–Crippen MR) is 156 cm³/mol. The van der Waals surface area contributed by atoms with Crippen molar-refractivity contribution >= 4 is 17.6 Å². The molecule has 6 nitrogen and oxygen atoms in total. The van der Waals surface area contributed by atoms with Crippen LogP contribution in [0.25, 0.3) is 0 Å². The summed E-state index contributed by atoms with van der Waals surface area (Å²) in [7, 11) is 0. The molecule has 0 bridgehead atoms. The van der Waals surface area contributed by atoms with E-state index >= 15 is 0 Å². The Morgan fingerprint density at radius 2 is 1.50 bits per heavy atom. The first-order valence-electron chi connectivity index (χ1n) is 14.3. The van der Waals surface area contributed by atoms with Gasteiger partial charge >= 0.3 is 6.03 Å².